The van der Waals surface area contributed by atoms with Crippen molar-refractivity contribution in [1.29, 1.82) is 0 Å². The van der Waals surface area contributed by atoms with Crippen molar-refractivity contribution in [3.8, 4) is 0 Å². The molecule has 1 aromatic rings. The molecule has 1 aromatic heterocycles. The van der Waals surface area contributed by atoms with Crippen molar-refractivity contribution >= 4 is 13.6 Å². The van der Waals surface area contributed by atoms with E-state index in [2.05, 4.69) is 4.98 Å². The first kappa shape index (κ1) is 7.99. The number of ketones is 1. The molecule has 0 fully saturated rings. The van der Waals surface area contributed by atoms with Crippen LogP contribution in [0.3, 0.4) is 0 Å². The summed E-state index contributed by atoms with van der Waals surface area (Å²) >= 11 is 0. The number of hydrogen-bond acceptors (Lipinski definition) is 2. The molecule has 0 aliphatic heterocycles. The summed E-state index contributed by atoms with van der Waals surface area (Å²) in [6.07, 6.45) is 1.58. The number of Topliss-reactive ketones (excluding diaryl/α,β-unsaturated/α-hetero) is 1. The maximum atomic E-state index is 11.2. The minimum absolute atomic E-state index is 0.120. The predicted molar refractivity (Wildman–Crippen MR) is 43.7 cm³/mol. The number of carbonyl (C=O) groups is 1. The first-order valence-corrected chi connectivity index (χ1v) is 3.42. The summed E-state index contributed by atoms with van der Waals surface area (Å²) in [5.41, 5.74) is 0.433. The Labute approximate surface area is 67.1 Å². The number of pyridine rings is 1. The molecule has 0 aromatic carbocycles. The maximum absolute atomic E-state index is 11.2. The van der Waals surface area contributed by atoms with Crippen molar-refractivity contribution in [3.63, 3.8) is 0 Å². The van der Waals surface area contributed by atoms with Gasteiger partial charge in [-0.3, -0.25) is 9.78 Å². The molecule has 3 heteroatoms. The van der Waals surface area contributed by atoms with E-state index in [1.165, 1.54) is 0 Å². The molecule has 0 saturated carbocycles. The molecule has 0 aliphatic carbocycles. The van der Waals surface area contributed by atoms with Crippen molar-refractivity contribution in [2.45, 2.75) is 12.7 Å². The van der Waals surface area contributed by atoms with Gasteiger partial charge in [0.15, 0.2) is 5.78 Å². The number of aromatic nitrogens is 1. The monoisotopic (exact) mass is 145 g/mol. The lowest BCUT2D eigenvalue weighted by atomic mass is 9.84. The second-order valence-electron chi connectivity index (χ2n) is 2.37. The van der Waals surface area contributed by atoms with Crippen LogP contribution >= 0.6 is 0 Å². The minimum atomic E-state index is -0.468. The van der Waals surface area contributed by atoms with E-state index in [9.17, 15) is 4.79 Å². The van der Waals surface area contributed by atoms with Crippen LogP contribution in [0, 0.1) is 0 Å². The number of carbonyl (C=O) groups excluding carboxylic acids is 1. The molecule has 1 unspecified atom stereocenters. The average molecular weight is 145 g/mol. The summed E-state index contributed by atoms with van der Waals surface area (Å²) in [6, 6.07) is 5.19. The molecule has 0 saturated heterocycles. The SMILES string of the molecule is [B]C(C)C(=O)c1ccccn1. The van der Waals surface area contributed by atoms with Gasteiger partial charge in [0.2, 0.25) is 0 Å². The van der Waals surface area contributed by atoms with E-state index in [0.29, 0.717) is 5.69 Å². The fourth-order valence-corrected chi connectivity index (χ4v) is 0.742. The summed E-state index contributed by atoms with van der Waals surface area (Å²) in [5, 5.41) is 0. The minimum Gasteiger partial charge on any atom is -0.293 e. The lowest BCUT2D eigenvalue weighted by Crippen LogP contribution is -2.06. The van der Waals surface area contributed by atoms with Crippen molar-refractivity contribution in [1.82, 2.24) is 4.98 Å². The van der Waals surface area contributed by atoms with Gasteiger partial charge in [-0.25, -0.2) is 0 Å². The van der Waals surface area contributed by atoms with E-state index in [0.717, 1.165) is 0 Å². The van der Waals surface area contributed by atoms with Crippen LogP contribution in [0.2, 0.25) is 5.82 Å². The molecule has 54 valence electrons. The average Bonchev–Trinajstić information content (AvgIpc) is 2.05. The summed E-state index contributed by atoms with van der Waals surface area (Å²) in [7, 11) is 5.38. The fourth-order valence-electron chi connectivity index (χ4n) is 0.742. The molecule has 1 heterocycles. The number of rotatable bonds is 2. The Kier molecular flexibility index (Phi) is 2.42. The molecule has 1 rings (SSSR count). The highest BCUT2D eigenvalue weighted by Crippen LogP contribution is 2.06. The third-order valence-electron chi connectivity index (χ3n) is 1.33. The van der Waals surface area contributed by atoms with Crippen LogP contribution in [0.25, 0.3) is 0 Å². The quantitative estimate of drug-likeness (QED) is 0.462. The van der Waals surface area contributed by atoms with E-state index in [1.807, 2.05) is 0 Å². The topological polar surface area (TPSA) is 30.0 Å². The van der Waals surface area contributed by atoms with Crippen LogP contribution in [0.5, 0.6) is 0 Å². The van der Waals surface area contributed by atoms with Gasteiger partial charge in [-0.15, -0.1) is 0 Å². The molecule has 0 spiro atoms. The Hall–Kier alpha value is -1.12. The van der Waals surface area contributed by atoms with E-state index in [1.54, 1.807) is 31.3 Å². The van der Waals surface area contributed by atoms with Gasteiger partial charge in [0.25, 0.3) is 0 Å². The van der Waals surface area contributed by atoms with Gasteiger partial charge >= 0.3 is 0 Å². The van der Waals surface area contributed by atoms with Crippen molar-refractivity contribution in [2.24, 2.45) is 0 Å². The maximum Gasteiger partial charge on any atom is 0.175 e. The predicted octanol–water partition coefficient (Wildman–Crippen LogP) is 1.24. The van der Waals surface area contributed by atoms with Gasteiger partial charge in [-0.05, 0) is 17.9 Å². The summed E-state index contributed by atoms with van der Waals surface area (Å²) in [6.45, 7) is 1.65. The van der Waals surface area contributed by atoms with Crippen LogP contribution < -0.4 is 0 Å². The van der Waals surface area contributed by atoms with Crippen LogP contribution in [0.4, 0.5) is 0 Å². The van der Waals surface area contributed by atoms with Crippen LogP contribution in [0.15, 0.2) is 24.4 Å². The first-order valence-electron chi connectivity index (χ1n) is 3.42. The van der Waals surface area contributed by atoms with E-state index < -0.39 is 5.82 Å². The Morgan fingerprint density at radius 1 is 1.64 bits per heavy atom. The molecule has 0 aliphatic rings. The van der Waals surface area contributed by atoms with Gasteiger partial charge in [0, 0.05) is 6.20 Å². The highest BCUT2D eigenvalue weighted by Gasteiger charge is 2.09. The van der Waals surface area contributed by atoms with Crippen LogP contribution in [-0.2, 0) is 0 Å². The molecular formula is C8H8BNO. The Morgan fingerprint density at radius 2 is 2.36 bits per heavy atom. The smallest absolute Gasteiger partial charge is 0.175 e. The third-order valence-corrected chi connectivity index (χ3v) is 1.33. The van der Waals surface area contributed by atoms with E-state index in [-0.39, 0.29) is 5.78 Å². The standard InChI is InChI=1S/C8H8BNO/c1-6(9)8(11)7-4-2-3-5-10-7/h2-6H,1H3. The zero-order chi connectivity index (χ0) is 8.27. The van der Waals surface area contributed by atoms with Gasteiger partial charge in [0.1, 0.15) is 5.69 Å². The third kappa shape index (κ3) is 1.90. The molecule has 0 bridgehead atoms. The lowest BCUT2D eigenvalue weighted by Gasteiger charge is -2.01. The normalized spacial score (nSPS) is 12.5. The van der Waals surface area contributed by atoms with Gasteiger partial charge in [-0.1, -0.05) is 13.0 Å². The van der Waals surface area contributed by atoms with Gasteiger partial charge in [0.05, 0.1) is 7.85 Å². The lowest BCUT2D eigenvalue weighted by molar-refractivity contribution is 0.0984. The zero-order valence-electron chi connectivity index (χ0n) is 6.32. The van der Waals surface area contributed by atoms with Crippen molar-refractivity contribution in [3.05, 3.63) is 30.1 Å². The van der Waals surface area contributed by atoms with E-state index in [4.69, 9.17) is 7.85 Å². The Balaban J connectivity index is 2.86. The molecule has 11 heavy (non-hydrogen) atoms. The highest BCUT2D eigenvalue weighted by atomic mass is 16.1. The molecule has 2 radical (unpaired) electrons. The van der Waals surface area contributed by atoms with Gasteiger partial charge in [-0.2, -0.15) is 0 Å². The van der Waals surface area contributed by atoms with Gasteiger partial charge < -0.3 is 0 Å². The Morgan fingerprint density at radius 3 is 2.82 bits per heavy atom. The Bertz CT molecular complexity index is 246. The molecular weight excluding hydrogens is 137 g/mol. The fraction of sp³-hybridized carbons (Fsp3) is 0.250. The zero-order valence-corrected chi connectivity index (χ0v) is 6.32. The summed E-state index contributed by atoms with van der Waals surface area (Å²) in [5.74, 6) is -0.588. The van der Waals surface area contributed by atoms with Crippen LogP contribution in [0.1, 0.15) is 17.4 Å². The van der Waals surface area contributed by atoms with E-state index >= 15 is 0 Å². The molecule has 0 amide bonds. The highest BCUT2D eigenvalue weighted by molar-refractivity contribution is 6.27. The second-order valence-corrected chi connectivity index (χ2v) is 2.37. The number of nitrogens with zero attached hydrogens (tertiary/aromatic N) is 1. The van der Waals surface area contributed by atoms with Crippen molar-refractivity contribution < 1.29 is 4.79 Å². The van der Waals surface area contributed by atoms with Crippen molar-refractivity contribution in [2.75, 3.05) is 0 Å². The molecule has 0 N–H and O–H groups in total. The number of hydrogen-bond donors (Lipinski definition) is 0. The summed E-state index contributed by atoms with van der Waals surface area (Å²) in [4.78, 5) is 15.0. The molecule has 2 nitrogen and oxygen atoms in total. The molecule has 1 atom stereocenters. The first-order chi connectivity index (χ1) is 5.22. The summed E-state index contributed by atoms with van der Waals surface area (Å²) < 4.78 is 0. The second kappa shape index (κ2) is 3.33. The largest absolute Gasteiger partial charge is 0.293 e. The van der Waals surface area contributed by atoms with Crippen LogP contribution in [-0.4, -0.2) is 18.6 Å².